The number of carbonyl (C=O) groups excluding carboxylic acids is 2. The number of amides is 2. The van der Waals surface area contributed by atoms with Gasteiger partial charge in [0.2, 0.25) is 11.8 Å². The van der Waals surface area contributed by atoms with E-state index in [0.29, 0.717) is 11.5 Å². The summed E-state index contributed by atoms with van der Waals surface area (Å²) in [7, 11) is 0. The molecule has 0 atom stereocenters. The van der Waals surface area contributed by atoms with Crippen molar-refractivity contribution in [2.75, 3.05) is 10.6 Å². The lowest BCUT2D eigenvalue weighted by Crippen LogP contribution is -2.24. The summed E-state index contributed by atoms with van der Waals surface area (Å²) in [4.78, 5) is 24.8. The lowest BCUT2D eigenvalue weighted by atomic mass is 9.88. The van der Waals surface area contributed by atoms with Gasteiger partial charge in [-0.1, -0.05) is 38.5 Å². The molecule has 0 bridgehead atoms. The molecule has 0 radical (unpaired) electrons. The lowest BCUT2D eigenvalue weighted by molar-refractivity contribution is -0.121. The van der Waals surface area contributed by atoms with Crippen molar-refractivity contribution in [1.29, 1.82) is 0 Å². The highest BCUT2D eigenvalue weighted by Crippen LogP contribution is 2.28. The number of carbonyl (C=O) groups is 2. The molecule has 4 rings (SSSR count). The molecule has 2 aromatic carbocycles. The molecule has 6 nitrogen and oxygen atoms in total. The van der Waals surface area contributed by atoms with Crippen LogP contribution in [0.2, 0.25) is 0 Å². The molecule has 32 heavy (non-hydrogen) atoms. The van der Waals surface area contributed by atoms with Crippen LogP contribution < -0.4 is 21.5 Å². The Morgan fingerprint density at radius 1 is 0.594 bits per heavy atom. The smallest absolute Gasteiger partial charge is 0.227 e. The van der Waals surface area contributed by atoms with Crippen molar-refractivity contribution in [3.63, 3.8) is 0 Å². The Labute approximate surface area is 190 Å². The average molecular weight is 438 g/mol. The largest absolute Gasteiger partial charge is 0.457 e. The van der Waals surface area contributed by atoms with E-state index in [-0.39, 0.29) is 29.8 Å². The van der Waals surface area contributed by atoms with Gasteiger partial charge in [0, 0.05) is 23.2 Å². The number of ether oxygens (including phenoxy) is 1. The van der Waals surface area contributed by atoms with Crippen LogP contribution in [0, 0.1) is 11.8 Å². The highest BCUT2D eigenvalue weighted by Gasteiger charge is 2.22. The summed E-state index contributed by atoms with van der Waals surface area (Å²) in [6.07, 6.45) is 11.0. The van der Waals surface area contributed by atoms with E-state index in [1.807, 2.05) is 48.5 Å². The normalized spacial score (nSPS) is 17.1. The van der Waals surface area contributed by atoms with E-state index in [4.69, 9.17) is 4.74 Å². The summed E-state index contributed by atoms with van der Waals surface area (Å²) in [5.41, 5.74) is 1.59. The minimum Gasteiger partial charge on any atom is -0.457 e. The molecular formula is C26H35N3O3. The van der Waals surface area contributed by atoms with Gasteiger partial charge in [0.1, 0.15) is 11.5 Å². The van der Waals surface area contributed by atoms with Gasteiger partial charge in [-0.15, -0.1) is 0 Å². The maximum atomic E-state index is 12.4. The summed E-state index contributed by atoms with van der Waals surface area (Å²) in [6.45, 7) is 0. The molecule has 0 aromatic heterocycles. The van der Waals surface area contributed by atoms with Gasteiger partial charge < -0.3 is 21.5 Å². The third-order valence-electron chi connectivity index (χ3n) is 6.43. The van der Waals surface area contributed by atoms with E-state index in [2.05, 4.69) is 10.6 Å². The molecule has 0 unspecified atom stereocenters. The molecule has 6 heteroatoms. The van der Waals surface area contributed by atoms with E-state index in [1.165, 1.54) is 12.8 Å². The average Bonchev–Trinajstić information content (AvgIpc) is 2.82. The van der Waals surface area contributed by atoms with Gasteiger partial charge in [-0.2, -0.15) is 0 Å². The first-order valence-corrected chi connectivity index (χ1v) is 11.7. The molecule has 172 valence electrons. The Morgan fingerprint density at radius 2 is 0.938 bits per heavy atom. The number of hydrogen-bond acceptors (Lipinski definition) is 4. The lowest BCUT2D eigenvalue weighted by Gasteiger charge is -2.21. The molecular weight excluding hydrogens is 402 g/mol. The SMILES string of the molecule is N.O=C(Nc1ccc(Oc2ccc(NC(=O)C3CCCCC3)cc2)cc1)C1CCCCC1. The van der Waals surface area contributed by atoms with Crippen molar-refractivity contribution in [3.8, 4) is 11.5 Å². The molecule has 2 amide bonds. The zero-order valence-corrected chi connectivity index (χ0v) is 18.8. The van der Waals surface area contributed by atoms with Crippen molar-refractivity contribution in [1.82, 2.24) is 6.15 Å². The van der Waals surface area contributed by atoms with Crippen LogP contribution in [0.25, 0.3) is 0 Å². The number of nitrogens with one attached hydrogen (secondary N) is 2. The van der Waals surface area contributed by atoms with Gasteiger partial charge in [0.05, 0.1) is 0 Å². The Balaban J connectivity index is 0.00000289. The van der Waals surface area contributed by atoms with Crippen molar-refractivity contribution in [2.45, 2.75) is 64.2 Å². The standard InChI is InChI=1S/C26H32N2O3.H3N/c29-25(19-7-3-1-4-8-19)27-21-11-15-23(16-12-21)31-24-17-13-22(14-18-24)28-26(30)20-9-5-2-6-10-20;/h11-20H,1-10H2,(H,27,29)(H,28,30);1H3. The van der Waals surface area contributed by atoms with Crippen LogP contribution in [0.3, 0.4) is 0 Å². The predicted molar refractivity (Wildman–Crippen MR) is 128 cm³/mol. The van der Waals surface area contributed by atoms with Crippen molar-refractivity contribution in [2.24, 2.45) is 11.8 Å². The van der Waals surface area contributed by atoms with E-state index in [9.17, 15) is 9.59 Å². The van der Waals surface area contributed by atoms with Crippen LogP contribution in [0.5, 0.6) is 11.5 Å². The van der Waals surface area contributed by atoms with Crippen LogP contribution >= 0.6 is 0 Å². The van der Waals surface area contributed by atoms with Crippen LogP contribution in [-0.4, -0.2) is 11.8 Å². The zero-order chi connectivity index (χ0) is 21.5. The fourth-order valence-corrected chi connectivity index (χ4v) is 4.57. The number of anilines is 2. The van der Waals surface area contributed by atoms with E-state index < -0.39 is 0 Å². The Bertz CT molecular complexity index is 795. The van der Waals surface area contributed by atoms with Gasteiger partial charge in [-0.05, 0) is 74.2 Å². The summed E-state index contributed by atoms with van der Waals surface area (Å²) < 4.78 is 5.91. The molecule has 0 heterocycles. The molecule has 0 aliphatic heterocycles. The third kappa shape index (κ3) is 6.57. The second-order valence-electron chi connectivity index (χ2n) is 8.80. The highest BCUT2D eigenvalue weighted by molar-refractivity contribution is 5.93. The minimum absolute atomic E-state index is 0. The zero-order valence-electron chi connectivity index (χ0n) is 18.8. The maximum Gasteiger partial charge on any atom is 0.227 e. The third-order valence-corrected chi connectivity index (χ3v) is 6.43. The first kappa shape index (κ1) is 23.8. The quantitative estimate of drug-likeness (QED) is 0.469. The van der Waals surface area contributed by atoms with Gasteiger partial charge in [0.15, 0.2) is 0 Å². The Hall–Kier alpha value is -2.86. The molecule has 0 spiro atoms. The van der Waals surface area contributed by atoms with Crippen LogP contribution in [0.1, 0.15) is 64.2 Å². The summed E-state index contributed by atoms with van der Waals surface area (Å²) in [5, 5.41) is 6.04. The van der Waals surface area contributed by atoms with E-state index >= 15 is 0 Å². The second-order valence-corrected chi connectivity index (χ2v) is 8.80. The first-order valence-electron chi connectivity index (χ1n) is 11.7. The van der Waals surface area contributed by atoms with Crippen molar-refractivity contribution < 1.29 is 14.3 Å². The monoisotopic (exact) mass is 437 g/mol. The maximum absolute atomic E-state index is 12.4. The molecule has 2 aliphatic rings. The molecule has 0 saturated heterocycles. The van der Waals surface area contributed by atoms with Crippen LogP contribution in [0.15, 0.2) is 48.5 Å². The predicted octanol–water partition coefficient (Wildman–Crippen LogP) is 6.68. The summed E-state index contributed by atoms with van der Waals surface area (Å²) in [6, 6.07) is 14.9. The van der Waals surface area contributed by atoms with Crippen LogP contribution in [-0.2, 0) is 9.59 Å². The van der Waals surface area contributed by atoms with Crippen molar-refractivity contribution in [3.05, 3.63) is 48.5 Å². The number of hydrogen-bond donors (Lipinski definition) is 3. The highest BCUT2D eigenvalue weighted by atomic mass is 16.5. The van der Waals surface area contributed by atoms with Gasteiger partial charge >= 0.3 is 0 Å². The fourth-order valence-electron chi connectivity index (χ4n) is 4.57. The van der Waals surface area contributed by atoms with E-state index in [1.54, 1.807) is 0 Å². The van der Waals surface area contributed by atoms with Gasteiger partial charge in [0.25, 0.3) is 0 Å². The molecule has 5 N–H and O–H groups in total. The summed E-state index contributed by atoms with van der Waals surface area (Å²) in [5.74, 6) is 1.94. The van der Waals surface area contributed by atoms with Crippen molar-refractivity contribution >= 4 is 23.2 Å². The number of rotatable bonds is 6. The summed E-state index contributed by atoms with van der Waals surface area (Å²) >= 11 is 0. The molecule has 2 saturated carbocycles. The number of benzene rings is 2. The Morgan fingerprint density at radius 3 is 1.28 bits per heavy atom. The molecule has 2 aliphatic carbocycles. The van der Waals surface area contributed by atoms with Gasteiger partial charge in [-0.3, -0.25) is 9.59 Å². The molecule has 2 fully saturated rings. The Kier molecular flexibility index (Phi) is 8.68. The van der Waals surface area contributed by atoms with Crippen LogP contribution in [0.4, 0.5) is 11.4 Å². The van der Waals surface area contributed by atoms with E-state index in [0.717, 1.165) is 62.7 Å². The van der Waals surface area contributed by atoms with Gasteiger partial charge in [-0.25, -0.2) is 0 Å². The minimum atomic E-state index is 0. The topological polar surface area (TPSA) is 102 Å². The fraction of sp³-hybridized carbons (Fsp3) is 0.462. The second kappa shape index (κ2) is 11.7. The first-order chi connectivity index (χ1) is 15.2. The molecule has 2 aromatic rings.